The van der Waals surface area contributed by atoms with E-state index in [0.29, 0.717) is 0 Å². The van der Waals surface area contributed by atoms with E-state index in [9.17, 15) is 4.79 Å². The molecular weight excluding hydrogens is 314 g/mol. The molecule has 1 saturated heterocycles. The molecule has 2 N–H and O–H groups in total. The van der Waals surface area contributed by atoms with Gasteiger partial charge in [-0.05, 0) is 24.9 Å². The van der Waals surface area contributed by atoms with Gasteiger partial charge in [0.25, 0.3) is 0 Å². The topological polar surface area (TPSA) is 76.5 Å². The number of rotatable bonds is 4. The second kappa shape index (κ2) is 6.64. The summed E-state index contributed by atoms with van der Waals surface area (Å²) in [6.07, 6.45) is 7.66. The van der Waals surface area contributed by atoms with E-state index >= 15 is 0 Å². The third-order valence-corrected chi connectivity index (χ3v) is 4.81. The smallest absolute Gasteiger partial charge is 0.221 e. The van der Waals surface area contributed by atoms with Gasteiger partial charge in [0.15, 0.2) is 5.65 Å². The molecule has 1 amide bonds. The molecule has 128 valence electrons. The molecule has 3 aromatic rings. The van der Waals surface area contributed by atoms with Crippen LogP contribution in [-0.2, 0) is 11.3 Å². The number of fused-ring (bicyclic) bond motifs is 1. The van der Waals surface area contributed by atoms with Crippen LogP contribution in [0.1, 0.15) is 18.4 Å². The largest absolute Gasteiger partial charge is 0.369 e. The summed E-state index contributed by atoms with van der Waals surface area (Å²) in [5, 5.41) is 4.45. The molecule has 0 spiro atoms. The molecule has 0 saturated carbocycles. The fourth-order valence-corrected chi connectivity index (χ4v) is 3.51. The third-order valence-electron chi connectivity index (χ3n) is 4.81. The Kier molecular flexibility index (Phi) is 4.19. The molecule has 3 heterocycles. The van der Waals surface area contributed by atoms with Gasteiger partial charge in [-0.15, -0.1) is 0 Å². The standard InChI is InChI=1S/C19H21N5O/c20-18(25)16-7-4-8-23(13-16)11-14-9-21-19-17(10-22-24(19)12-14)15-5-2-1-3-6-15/h1-3,5-6,9-10,12,16H,4,7-8,11,13H2,(H2,20,25). The number of nitrogens with zero attached hydrogens (tertiary/aromatic N) is 4. The predicted molar refractivity (Wildman–Crippen MR) is 95.6 cm³/mol. The highest BCUT2D eigenvalue weighted by atomic mass is 16.1. The highest BCUT2D eigenvalue weighted by Gasteiger charge is 2.24. The number of hydrogen-bond donors (Lipinski definition) is 1. The van der Waals surface area contributed by atoms with Crippen molar-refractivity contribution >= 4 is 11.6 Å². The van der Waals surface area contributed by atoms with E-state index in [2.05, 4.69) is 27.1 Å². The van der Waals surface area contributed by atoms with Crippen LogP contribution in [0.25, 0.3) is 16.8 Å². The average molecular weight is 335 g/mol. The zero-order valence-electron chi connectivity index (χ0n) is 14.0. The molecule has 1 aliphatic heterocycles. The maximum Gasteiger partial charge on any atom is 0.221 e. The Bertz CT molecular complexity index is 889. The summed E-state index contributed by atoms with van der Waals surface area (Å²) in [4.78, 5) is 18.3. The third kappa shape index (κ3) is 3.25. The molecule has 6 nitrogen and oxygen atoms in total. The number of amides is 1. The summed E-state index contributed by atoms with van der Waals surface area (Å²) in [5.74, 6) is -0.238. The fraction of sp³-hybridized carbons (Fsp3) is 0.316. The Labute approximate surface area is 146 Å². The molecule has 1 atom stereocenters. The van der Waals surface area contributed by atoms with Crippen molar-refractivity contribution in [1.82, 2.24) is 19.5 Å². The molecule has 0 radical (unpaired) electrons. The molecule has 25 heavy (non-hydrogen) atoms. The van der Waals surface area contributed by atoms with Crippen molar-refractivity contribution in [3.63, 3.8) is 0 Å². The number of carbonyl (C=O) groups excluding carboxylic acids is 1. The van der Waals surface area contributed by atoms with Crippen molar-refractivity contribution in [2.75, 3.05) is 13.1 Å². The minimum atomic E-state index is -0.196. The number of carbonyl (C=O) groups is 1. The van der Waals surface area contributed by atoms with E-state index in [0.717, 1.165) is 54.8 Å². The zero-order chi connectivity index (χ0) is 17.2. The van der Waals surface area contributed by atoms with Crippen molar-refractivity contribution in [3.05, 3.63) is 54.5 Å². The Morgan fingerprint density at radius 2 is 2.08 bits per heavy atom. The first-order chi connectivity index (χ1) is 12.2. The summed E-state index contributed by atoms with van der Waals surface area (Å²) in [7, 11) is 0. The molecule has 1 aromatic carbocycles. The summed E-state index contributed by atoms with van der Waals surface area (Å²) in [6, 6.07) is 10.1. The van der Waals surface area contributed by atoms with E-state index in [1.165, 1.54) is 0 Å². The lowest BCUT2D eigenvalue weighted by atomic mass is 9.97. The molecule has 1 unspecified atom stereocenters. The van der Waals surface area contributed by atoms with Crippen LogP contribution in [0.3, 0.4) is 0 Å². The van der Waals surface area contributed by atoms with Crippen molar-refractivity contribution in [2.45, 2.75) is 19.4 Å². The lowest BCUT2D eigenvalue weighted by Crippen LogP contribution is -2.40. The first-order valence-corrected chi connectivity index (χ1v) is 8.60. The minimum Gasteiger partial charge on any atom is -0.369 e. The average Bonchev–Trinajstić information content (AvgIpc) is 3.06. The van der Waals surface area contributed by atoms with Crippen molar-refractivity contribution in [3.8, 4) is 11.1 Å². The Hall–Kier alpha value is -2.73. The lowest BCUT2D eigenvalue weighted by Gasteiger charge is -2.30. The Morgan fingerprint density at radius 3 is 2.88 bits per heavy atom. The van der Waals surface area contributed by atoms with Crippen LogP contribution in [0.4, 0.5) is 0 Å². The van der Waals surface area contributed by atoms with E-state index in [1.807, 2.05) is 41.3 Å². The highest BCUT2D eigenvalue weighted by Crippen LogP contribution is 2.23. The van der Waals surface area contributed by atoms with Crippen LogP contribution in [0.2, 0.25) is 0 Å². The minimum absolute atomic E-state index is 0.0418. The van der Waals surface area contributed by atoms with Crippen molar-refractivity contribution in [1.29, 1.82) is 0 Å². The molecule has 1 aliphatic rings. The molecule has 4 rings (SSSR count). The van der Waals surface area contributed by atoms with Gasteiger partial charge in [0.2, 0.25) is 5.91 Å². The van der Waals surface area contributed by atoms with E-state index in [-0.39, 0.29) is 11.8 Å². The number of piperidine rings is 1. The summed E-state index contributed by atoms with van der Waals surface area (Å²) in [5.41, 5.74) is 9.53. The van der Waals surface area contributed by atoms with Gasteiger partial charge in [0, 0.05) is 36.6 Å². The Balaban J connectivity index is 1.55. The number of hydrogen-bond acceptors (Lipinski definition) is 4. The van der Waals surface area contributed by atoms with Crippen LogP contribution in [-0.4, -0.2) is 38.5 Å². The molecule has 0 bridgehead atoms. The predicted octanol–water partition coefficient (Wildman–Crippen LogP) is 2.09. The first-order valence-electron chi connectivity index (χ1n) is 8.60. The van der Waals surface area contributed by atoms with Gasteiger partial charge in [0.1, 0.15) is 0 Å². The van der Waals surface area contributed by atoms with Gasteiger partial charge >= 0.3 is 0 Å². The molecule has 6 heteroatoms. The number of primary amides is 1. The summed E-state index contributed by atoms with van der Waals surface area (Å²) < 4.78 is 1.83. The van der Waals surface area contributed by atoms with Crippen LogP contribution in [0, 0.1) is 5.92 Å². The van der Waals surface area contributed by atoms with Gasteiger partial charge in [-0.25, -0.2) is 9.50 Å². The maximum atomic E-state index is 11.4. The fourth-order valence-electron chi connectivity index (χ4n) is 3.51. The van der Waals surface area contributed by atoms with Crippen LogP contribution >= 0.6 is 0 Å². The normalized spacial score (nSPS) is 18.5. The molecule has 2 aromatic heterocycles. The Morgan fingerprint density at radius 1 is 1.24 bits per heavy atom. The lowest BCUT2D eigenvalue weighted by molar-refractivity contribution is -0.123. The SMILES string of the molecule is NC(=O)C1CCCN(Cc2cnc3c(-c4ccccc4)cnn3c2)C1. The number of nitrogens with two attached hydrogens (primary N) is 1. The first kappa shape index (κ1) is 15.8. The second-order valence-corrected chi connectivity index (χ2v) is 6.63. The van der Waals surface area contributed by atoms with Crippen LogP contribution in [0.5, 0.6) is 0 Å². The quantitative estimate of drug-likeness (QED) is 0.792. The van der Waals surface area contributed by atoms with Gasteiger partial charge in [-0.3, -0.25) is 9.69 Å². The van der Waals surface area contributed by atoms with Gasteiger partial charge in [-0.2, -0.15) is 5.10 Å². The van der Waals surface area contributed by atoms with Crippen LogP contribution in [0.15, 0.2) is 48.9 Å². The van der Waals surface area contributed by atoms with Crippen LogP contribution < -0.4 is 5.73 Å². The molecular formula is C19H21N5O. The van der Waals surface area contributed by atoms with Crippen molar-refractivity contribution in [2.24, 2.45) is 11.7 Å². The second-order valence-electron chi connectivity index (χ2n) is 6.63. The van der Waals surface area contributed by atoms with E-state index in [1.54, 1.807) is 0 Å². The van der Waals surface area contributed by atoms with Crippen molar-refractivity contribution < 1.29 is 4.79 Å². The van der Waals surface area contributed by atoms with Gasteiger partial charge in [-0.1, -0.05) is 30.3 Å². The number of aromatic nitrogens is 3. The van der Waals surface area contributed by atoms with Gasteiger partial charge in [0.05, 0.1) is 12.1 Å². The van der Waals surface area contributed by atoms with E-state index < -0.39 is 0 Å². The monoisotopic (exact) mass is 335 g/mol. The summed E-state index contributed by atoms with van der Waals surface area (Å²) >= 11 is 0. The van der Waals surface area contributed by atoms with Gasteiger partial charge < -0.3 is 5.73 Å². The molecule has 0 aliphatic carbocycles. The summed E-state index contributed by atoms with van der Waals surface area (Å²) in [6.45, 7) is 2.46. The van der Waals surface area contributed by atoms with E-state index in [4.69, 9.17) is 5.73 Å². The number of likely N-dealkylation sites (tertiary alicyclic amines) is 1. The maximum absolute atomic E-state index is 11.4. The number of benzene rings is 1. The zero-order valence-corrected chi connectivity index (χ0v) is 14.0. The molecule has 1 fully saturated rings. The highest BCUT2D eigenvalue weighted by molar-refractivity contribution is 5.77.